The van der Waals surface area contributed by atoms with E-state index in [2.05, 4.69) is 20.9 Å². The zero-order valence-corrected chi connectivity index (χ0v) is 9.30. The van der Waals surface area contributed by atoms with Crippen LogP contribution in [0.25, 0.3) is 10.9 Å². The number of hydrogen-bond acceptors (Lipinski definition) is 2. The minimum Gasteiger partial charge on any atom is -0.236 e. The maximum absolute atomic E-state index is 8.70. The smallest absolute Gasteiger partial charge is 0.141 e. The second-order valence-corrected chi connectivity index (χ2v) is 4.00. The van der Waals surface area contributed by atoms with Crippen molar-refractivity contribution in [2.45, 2.75) is 0 Å². The molecule has 0 fully saturated rings. The van der Waals surface area contributed by atoms with Gasteiger partial charge in [0.25, 0.3) is 0 Å². The third-order valence-corrected chi connectivity index (χ3v) is 2.84. The molecule has 0 bridgehead atoms. The molecule has 0 atom stereocenters. The maximum Gasteiger partial charge on any atom is 0.141 e. The van der Waals surface area contributed by atoms with Gasteiger partial charge in [-0.1, -0.05) is 11.6 Å². The molecule has 0 aliphatic heterocycles. The molecule has 0 saturated heterocycles. The van der Waals surface area contributed by atoms with Gasteiger partial charge in [0, 0.05) is 9.86 Å². The molecule has 2 rings (SSSR count). The average molecular weight is 268 g/mol. The van der Waals surface area contributed by atoms with Gasteiger partial charge in [-0.3, -0.25) is 0 Å². The standard InChI is InChI=1S/C10H4BrClN2/c11-8-3-4-9(12)7-2-1-6(5-13)14-10(7)8/h1-4H. The molecule has 4 heteroatoms. The summed E-state index contributed by atoms with van der Waals surface area (Å²) < 4.78 is 0.842. The van der Waals surface area contributed by atoms with Crippen LogP contribution in [-0.4, -0.2) is 4.98 Å². The number of fused-ring (bicyclic) bond motifs is 1. The van der Waals surface area contributed by atoms with Crippen LogP contribution in [0, 0.1) is 11.3 Å². The number of hydrogen-bond donors (Lipinski definition) is 0. The summed E-state index contributed by atoms with van der Waals surface area (Å²) in [5, 5.41) is 10.2. The van der Waals surface area contributed by atoms with Crippen molar-refractivity contribution in [2.75, 3.05) is 0 Å². The monoisotopic (exact) mass is 266 g/mol. The minimum atomic E-state index is 0.389. The predicted molar refractivity (Wildman–Crippen MR) is 59.2 cm³/mol. The van der Waals surface area contributed by atoms with Crippen LogP contribution in [0.4, 0.5) is 0 Å². The Morgan fingerprint density at radius 2 is 2.07 bits per heavy atom. The van der Waals surface area contributed by atoms with Gasteiger partial charge in [0.1, 0.15) is 11.8 Å². The van der Waals surface area contributed by atoms with Gasteiger partial charge >= 0.3 is 0 Å². The molecular weight excluding hydrogens is 263 g/mol. The molecule has 1 aromatic carbocycles. The van der Waals surface area contributed by atoms with E-state index in [0.29, 0.717) is 10.7 Å². The summed E-state index contributed by atoms with van der Waals surface area (Å²) in [7, 11) is 0. The lowest BCUT2D eigenvalue weighted by atomic mass is 10.2. The highest BCUT2D eigenvalue weighted by Gasteiger charge is 2.04. The minimum absolute atomic E-state index is 0.389. The number of aromatic nitrogens is 1. The zero-order valence-electron chi connectivity index (χ0n) is 6.96. The average Bonchev–Trinajstić information content (AvgIpc) is 2.23. The first-order chi connectivity index (χ1) is 6.72. The Morgan fingerprint density at radius 3 is 2.79 bits per heavy atom. The third kappa shape index (κ3) is 1.47. The molecule has 0 amide bonds. The van der Waals surface area contributed by atoms with Crippen molar-refractivity contribution < 1.29 is 0 Å². The Morgan fingerprint density at radius 1 is 1.29 bits per heavy atom. The van der Waals surface area contributed by atoms with Crippen LogP contribution < -0.4 is 0 Å². The van der Waals surface area contributed by atoms with Gasteiger partial charge in [-0.15, -0.1) is 0 Å². The number of benzene rings is 1. The highest BCUT2D eigenvalue weighted by atomic mass is 79.9. The Hall–Kier alpha value is -1.11. The lowest BCUT2D eigenvalue weighted by Crippen LogP contribution is -1.85. The quantitative estimate of drug-likeness (QED) is 0.732. The molecule has 0 aliphatic rings. The summed E-state index contributed by atoms with van der Waals surface area (Å²) in [5.74, 6) is 0. The Kier molecular flexibility index (Phi) is 2.40. The molecule has 0 spiro atoms. The highest BCUT2D eigenvalue weighted by Crippen LogP contribution is 2.28. The van der Waals surface area contributed by atoms with Crippen molar-refractivity contribution in [3.8, 4) is 6.07 Å². The van der Waals surface area contributed by atoms with Gasteiger partial charge in [-0.25, -0.2) is 4.98 Å². The Labute approximate surface area is 94.3 Å². The fourth-order valence-corrected chi connectivity index (χ4v) is 1.86. The van der Waals surface area contributed by atoms with E-state index in [1.165, 1.54) is 0 Å². The molecule has 1 heterocycles. The zero-order chi connectivity index (χ0) is 10.1. The number of rotatable bonds is 0. The van der Waals surface area contributed by atoms with Crippen LogP contribution >= 0.6 is 27.5 Å². The van der Waals surface area contributed by atoms with E-state index in [0.717, 1.165) is 15.4 Å². The molecule has 0 saturated carbocycles. The lowest BCUT2D eigenvalue weighted by molar-refractivity contribution is 1.32. The van der Waals surface area contributed by atoms with Crippen molar-refractivity contribution >= 4 is 38.4 Å². The van der Waals surface area contributed by atoms with Gasteiger partial charge in [0.15, 0.2) is 0 Å². The number of pyridine rings is 1. The summed E-state index contributed by atoms with van der Waals surface area (Å²) in [6.07, 6.45) is 0. The van der Waals surface area contributed by atoms with Crippen molar-refractivity contribution in [2.24, 2.45) is 0 Å². The van der Waals surface area contributed by atoms with Crippen LogP contribution in [0.3, 0.4) is 0 Å². The van der Waals surface area contributed by atoms with Crippen LogP contribution in [-0.2, 0) is 0 Å². The summed E-state index contributed by atoms with van der Waals surface area (Å²) in [6.45, 7) is 0. The third-order valence-electron chi connectivity index (χ3n) is 1.87. The summed E-state index contributed by atoms with van der Waals surface area (Å²) in [5.41, 5.74) is 1.11. The molecule has 0 aliphatic carbocycles. The van der Waals surface area contributed by atoms with Crippen LogP contribution in [0.5, 0.6) is 0 Å². The Balaban J connectivity index is 2.89. The number of halogens is 2. The first-order valence-corrected chi connectivity index (χ1v) is 5.04. The lowest BCUT2D eigenvalue weighted by Gasteiger charge is -2.01. The van der Waals surface area contributed by atoms with E-state index in [9.17, 15) is 0 Å². The Bertz CT molecular complexity index is 546. The van der Waals surface area contributed by atoms with Gasteiger partial charge in [0.05, 0.1) is 10.5 Å². The normalized spacial score (nSPS) is 10.1. The van der Waals surface area contributed by atoms with E-state index in [1.807, 2.05) is 12.1 Å². The van der Waals surface area contributed by atoms with E-state index >= 15 is 0 Å². The van der Waals surface area contributed by atoms with E-state index in [-0.39, 0.29) is 0 Å². The molecule has 0 unspecified atom stereocenters. The van der Waals surface area contributed by atoms with Gasteiger partial charge < -0.3 is 0 Å². The topological polar surface area (TPSA) is 36.7 Å². The van der Waals surface area contributed by atoms with Crippen LogP contribution in [0.1, 0.15) is 5.69 Å². The van der Waals surface area contributed by atoms with E-state index < -0.39 is 0 Å². The largest absolute Gasteiger partial charge is 0.236 e. The molecule has 1 aromatic heterocycles. The summed E-state index contributed by atoms with van der Waals surface area (Å²) in [4.78, 5) is 4.16. The first kappa shape index (κ1) is 9.45. The number of nitriles is 1. The fourth-order valence-electron chi connectivity index (χ4n) is 1.21. The van der Waals surface area contributed by atoms with E-state index in [4.69, 9.17) is 16.9 Å². The van der Waals surface area contributed by atoms with Crippen molar-refractivity contribution in [1.82, 2.24) is 4.98 Å². The van der Waals surface area contributed by atoms with Gasteiger partial charge in [-0.05, 0) is 40.2 Å². The maximum atomic E-state index is 8.70. The van der Waals surface area contributed by atoms with Crippen LogP contribution in [0.2, 0.25) is 5.02 Å². The SMILES string of the molecule is N#Cc1ccc2c(Cl)ccc(Br)c2n1. The fraction of sp³-hybridized carbons (Fsp3) is 0. The summed E-state index contributed by atoms with van der Waals surface area (Å²) >= 11 is 9.34. The van der Waals surface area contributed by atoms with Crippen molar-refractivity contribution in [1.29, 1.82) is 5.26 Å². The van der Waals surface area contributed by atoms with E-state index in [1.54, 1.807) is 18.2 Å². The van der Waals surface area contributed by atoms with Gasteiger partial charge in [0.2, 0.25) is 0 Å². The molecular formula is C10H4BrClN2. The molecule has 68 valence electrons. The van der Waals surface area contributed by atoms with Gasteiger partial charge in [-0.2, -0.15) is 5.26 Å². The molecule has 14 heavy (non-hydrogen) atoms. The number of nitrogens with zero attached hydrogens (tertiary/aromatic N) is 2. The van der Waals surface area contributed by atoms with Crippen LogP contribution in [0.15, 0.2) is 28.7 Å². The van der Waals surface area contributed by atoms with Crippen molar-refractivity contribution in [3.63, 3.8) is 0 Å². The first-order valence-electron chi connectivity index (χ1n) is 3.87. The molecule has 0 N–H and O–H groups in total. The molecule has 2 aromatic rings. The van der Waals surface area contributed by atoms with Crippen molar-refractivity contribution in [3.05, 3.63) is 39.5 Å². The second-order valence-electron chi connectivity index (χ2n) is 2.73. The summed E-state index contributed by atoms with van der Waals surface area (Å²) in [6, 6.07) is 9.06. The predicted octanol–water partition coefficient (Wildman–Crippen LogP) is 3.52. The second kappa shape index (κ2) is 3.56. The molecule has 2 nitrogen and oxygen atoms in total. The highest BCUT2D eigenvalue weighted by molar-refractivity contribution is 9.10. The molecule has 0 radical (unpaired) electrons.